The minimum atomic E-state index is 0.0908. The van der Waals surface area contributed by atoms with Crippen molar-refractivity contribution in [2.24, 2.45) is 0 Å². The van der Waals surface area contributed by atoms with E-state index in [1.54, 1.807) is 22.3 Å². The molecular weight excluding hydrogens is 274 g/mol. The van der Waals surface area contributed by atoms with Gasteiger partial charge >= 0.3 is 0 Å². The smallest absolute Gasteiger partial charge is 0.244 e. The number of amides is 1. The highest BCUT2D eigenvalue weighted by Crippen LogP contribution is 2.32. The van der Waals surface area contributed by atoms with Crippen molar-refractivity contribution in [3.63, 3.8) is 0 Å². The van der Waals surface area contributed by atoms with Crippen molar-refractivity contribution in [2.75, 3.05) is 6.54 Å². The fraction of sp³-hybridized carbons (Fsp3) is 0.538. The number of nitrogens with zero attached hydrogens (tertiary/aromatic N) is 5. The lowest BCUT2D eigenvalue weighted by atomic mass is 10.0. The molecule has 0 saturated carbocycles. The van der Waals surface area contributed by atoms with E-state index in [0.29, 0.717) is 0 Å². The first-order valence-electron chi connectivity index (χ1n) is 6.78. The number of carbonyl (C=O) groups excluding carboxylic acids is 1. The van der Waals surface area contributed by atoms with Gasteiger partial charge in [0.25, 0.3) is 0 Å². The molecule has 0 radical (unpaired) electrons. The van der Waals surface area contributed by atoms with E-state index in [1.807, 2.05) is 17.2 Å². The van der Waals surface area contributed by atoms with Crippen molar-refractivity contribution in [3.8, 4) is 0 Å². The Labute approximate surface area is 121 Å². The molecule has 0 aromatic carbocycles. The van der Waals surface area contributed by atoms with Crippen LogP contribution in [0.3, 0.4) is 0 Å². The third-order valence-corrected chi connectivity index (χ3v) is 4.57. The predicted octanol–water partition coefficient (Wildman–Crippen LogP) is 1.80. The quantitative estimate of drug-likeness (QED) is 0.865. The van der Waals surface area contributed by atoms with Crippen LogP contribution >= 0.6 is 11.3 Å². The monoisotopic (exact) mass is 291 g/mol. The van der Waals surface area contributed by atoms with Gasteiger partial charge in [0, 0.05) is 17.6 Å². The van der Waals surface area contributed by atoms with Crippen LogP contribution in [0.5, 0.6) is 0 Å². The summed E-state index contributed by atoms with van der Waals surface area (Å²) in [6.07, 6.45) is 6.23. The number of rotatable bonds is 3. The summed E-state index contributed by atoms with van der Waals surface area (Å²) in [7, 11) is 0. The zero-order valence-corrected chi connectivity index (χ0v) is 12.2. The number of thiazole rings is 1. The van der Waals surface area contributed by atoms with Gasteiger partial charge in [-0.3, -0.25) is 4.79 Å². The topological polar surface area (TPSA) is 63.9 Å². The third-order valence-electron chi connectivity index (χ3n) is 3.51. The van der Waals surface area contributed by atoms with E-state index < -0.39 is 0 Å². The predicted molar refractivity (Wildman–Crippen MR) is 75.2 cm³/mol. The van der Waals surface area contributed by atoms with Crippen LogP contribution in [0, 0.1) is 6.92 Å². The van der Waals surface area contributed by atoms with E-state index in [1.165, 1.54) is 6.33 Å². The van der Waals surface area contributed by atoms with Crippen molar-refractivity contribution < 1.29 is 4.79 Å². The SMILES string of the molecule is Cc1csc([C@H]2CCCCN2C(=O)Cn2cncn2)n1. The molecule has 6 nitrogen and oxygen atoms in total. The summed E-state index contributed by atoms with van der Waals surface area (Å²) in [4.78, 5) is 22.8. The number of piperidine rings is 1. The Kier molecular flexibility index (Phi) is 3.77. The molecule has 1 aliphatic heterocycles. The van der Waals surface area contributed by atoms with Gasteiger partial charge < -0.3 is 4.90 Å². The molecular formula is C13H17N5OS. The standard InChI is InChI=1S/C13H17N5OS/c1-10-7-20-13(16-10)11-4-2-3-5-18(11)12(19)6-17-9-14-8-15-17/h7-9,11H,2-6H2,1H3/t11-/m1/s1. The largest absolute Gasteiger partial charge is 0.332 e. The summed E-state index contributed by atoms with van der Waals surface area (Å²) >= 11 is 1.65. The summed E-state index contributed by atoms with van der Waals surface area (Å²) in [5.41, 5.74) is 1.03. The molecule has 1 saturated heterocycles. The van der Waals surface area contributed by atoms with Crippen LogP contribution in [0.25, 0.3) is 0 Å². The molecule has 1 amide bonds. The average molecular weight is 291 g/mol. The number of aryl methyl sites for hydroxylation is 1. The molecule has 0 spiro atoms. The summed E-state index contributed by atoms with van der Waals surface area (Å²) in [6, 6.07) is 0.124. The highest BCUT2D eigenvalue weighted by atomic mass is 32.1. The number of aromatic nitrogens is 4. The van der Waals surface area contributed by atoms with Crippen molar-refractivity contribution in [2.45, 2.75) is 38.8 Å². The van der Waals surface area contributed by atoms with Gasteiger partial charge in [-0.2, -0.15) is 5.10 Å². The molecule has 2 aromatic heterocycles. The number of carbonyl (C=O) groups is 1. The molecule has 106 valence electrons. The van der Waals surface area contributed by atoms with Crippen LogP contribution in [-0.4, -0.2) is 37.1 Å². The fourth-order valence-electron chi connectivity index (χ4n) is 2.56. The lowest BCUT2D eigenvalue weighted by Gasteiger charge is -2.34. The van der Waals surface area contributed by atoms with Gasteiger partial charge in [0.1, 0.15) is 24.2 Å². The van der Waals surface area contributed by atoms with Crippen molar-refractivity contribution in [1.29, 1.82) is 0 Å². The second kappa shape index (κ2) is 5.70. The van der Waals surface area contributed by atoms with Crippen LogP contribution in [0.4, 0.5) is 0 Å². The molecule has 3 rings (SSSR count). The minimum Gasteiger partial charge on any atom is -0.332 e. The van der Waals surface area contributed by atoms with Gasteiger partial charge in [-0.25, -0.2) is 14.6 Å². The van der Waals surface area contributed by atoms with Crippen LogP contribution < -0.4 is 0 Å². The Balaban J connectivity index is 1.76. The zero-order valence-electron chi connectivity index (χ0n) is 11.4. The molecule has 3 heterocycles. The fourth-order valence-corrected chi connectivity index (χ4v) is 3.50. The Bertz CT molecular complexity index is 579. The summed E-state index contributed by atoms with van der Waals surface area (Å²) < 4.78 is 1.57. The first-order chi connectivity index (χ1) is 9.74. The first-order valence-corrected chi connectivity index (χ1v) is 7.66. The van der Waals surface area contributed by atoms with Crippen molar-refractivity contribution in [1.82, 2.24) is 24.6 Å². The Morgan fingerprint density at radius 3 is 3.10 bits per heavy atom. The molecule has 0 N–H and O–H groups in total. The van der Waals surface area contributed by atoms with Crippen LogP contribution in [0.2, 0.25) is 0 Å². The van der Waals surface area contributed by atoms with Crippen LogP contribution in [0.1, 0.15) is 36.0 Å². The Hall–Kier alpha value is -1.76. The Morgan fingerprint density at radius 1 is 1.50 bits per heavy atom. The van der Waals surface area contributed by atoms with Gasteiger partial charge in [-0.05, 0) is 26.2 Å². The molecule has 0 bridgehead atoms. The zero-order chi connectivity index (χ0) is 13.9. The lowest BCUT2D eigenvalue weighted by molar-refractivity contribution is -0.136. The molecule has 1 fully saturated rings. The third kappa shape index (κ3) is 2.72. The minimum absolute atomic E-state index is 0.0908. The van der Waals surface area contributed by atoms with Gasteiger partial charge in [0.05, 0.1) is 6.04 Å². The maximum atomic E-state index is 12.5. The Morgan fingerprint density at radius 2 is 2.40 bits per heavy atom. The van der Waals surface area contributed by atoms with E-state index >= 15 is 0 Å². The van der Waals surface area contributed by atoms with Gasteiger partial charge in [0.2, 0.25) is 5.91 Å². The molecule has 0 unspecified atom stereocenters. The van der Waals surface area contributed by atoms with E-state index in [2.05, 4.69) is 15.1 Å². The molecule has 0 aliphatic carbocycles. The average Bonchev–Trinajstić information content (AvgIpc) is 3.10. The maximum Gasteiger partial charge on any atom is 0.244 e. The van der Waals surface area contributed by atoms with Gasteiger partial charge in [-0.15, -0.1) is 11.3 Å². The lowest BCUT2D eigenvalue weighted by Crippen LogP contribution is -2.40. The van der Waals surface area contributed by atoms with Crippen molar-refractivity contribution >= 4 is 17.2 Å². The molecule has 1 aliphatic rings. The van der Waals surface area contributed by atoms with E-state index in [0.717, 1.165) is 36.5 Å². The molecule has 20 heavy (non-hydrogen) atoms. The highest BCUT2D eigenvalue weighted by molar-refractivity contribution is 7.09. The normalized spacial score (nSPS) is 19.2. The number of likely N-dealkylation sites (tertiary alicyclic amines) is 1. The van der Waals surface area contributed by atoms with Gasteiger partial charge in [-0.1, -0.05) is 0 Å². The van der Waals surface area contributed by atoms with E-state index in [-0.39, 0.29) is 18.5 Å². The number of hydrogen-bond donors (Lipinski definition) is 0. The molecule has 1 atom stereocenters. The summed E-state index contributed by atoms with van der Waals surface area (Å²) in [5, 5.41) is 7.09. The van der Waals surface area contributed by atoms with Crippen molar-refractivity contribution in [3.05, 3.63) is 28.7 Å². The highest BCUT2D eigenvalue weighted by Gasteiger charge is 2.29. The first kappa shape index (κ1) is 13.2. The molecule has 2 aromatic rings. The maximum absolute atomic E-state index is 12.5. The van der Waals surface area contributed by atoms with Crippen LogP contribution in [0.15, 0.2) is 18.0 Å². The second-order valence-corrected chi connectivity index (χ2v) is 5.91. The van der Waals surface area contributed by atoms with E-state index in [9.17, 15) is 4.79 Å². The van der Waals surface area contributed by atoms with Gasteiger partial charge in [0.15, 0.2) is 0 Å². The van der Waals surface area contributed by atoms with Crippen LogP contribution in [-0.2, 0) is 11.3 Å². The van der Waals surface area contributed by atoms with E-state index in [4.69, 9.17) is 0 Å². The second-order valence-electron chi connectivity index (χ2n) is 5.02. The number of hydrogen-bond acceptors (Lipinski definition) is 5. The summed E-state index contributed by atoms with van der Waals surface area (Å²) in [5.74, 6) is 0.0908. The summed E-state index contributed by atoms with van der Waals surface area (Å²) in [6.45, 7) is 3.04. The molecule has 7 heteroatoms.